The first-order valence-electron chi connectivity index (χ1n) is 9.28. The molecule has 0 atom stereocenters. The van der Waals surface area contributed by atoms with Gasteiger partial charge >= 0.3 is 0 Å². The minimum Gasteiger partial charge on any atom is -0.354 e. The molecule has 0 aliphatic heterocycles. The maximum Gasteiger partial charge on any atom is 0.234 e. The van der Waals surface area contributed by atoms with Crippen molar-refractivity contribution in [3.8, 4) is 11.3 Å². The number of anilines is 1. The summed E-state index contributed by atoms with van der Waals surface area (Å²) in [4.78, 5) is 17.2. The van der Waals surface area contributed by atoms with Gasteiger partial charge in [-0.3, -0.25) is 4.79 Å². The van der Waals surface area contributed by atoms with Crippen LogP contribution in [0.4, 0.5) is 5.69 Å². The number of fused-ring (bicyclic) bond motifs is 1. The van der Waals surface area contributed by atoms with E-state index in [1.807, 2.05) is 56.3 Å². The first-order chi connectivity index (χ1) is 13.6. The molecule has 4 rings (SSSR count). The number of amides is 1. The van der Waals surface area contributed by atoms with Crippen molar-refractivity contribution in [2.45, 2.75) is 18.7 Å². The van der Waals surface area contributed by atoms with Crippen LogP contribution in [-0.2, 0) is 4.79 Å². The number of hydrogen-bond donors (Lipinski definition) is 2. The Bertz CT molecular complexity index is 1130. The summed E-state index contributed by atoms with van der Waals surface area (Å²) >= 11 is 1.57. The van der Waals surface area contributed by atoms with Crippen LogP contribution in [0.2, 0.25) is 0 Å². The van der Waals surface area contributed by atoms with E-state index in [2.05, 4.69) is 40.6 Å². The van der Waals surface area contributed by atoms with Crippen molar-refractivity contribution in [1.82, 2.24) is 4.98 Å². The zero-order chi connectivity index (χ0) is 19.5. The molecular weight excluding hydrogens is 364 g/mol. The highest BCUT2D eigenvalue weighted by Crippen LogP contribution is 2.37. The Morgan fingerprint density at radius 1 is 0.964 bits per heavy atom. The lowest BCUT2D eigenvalue weighted by molar-refractivity contribution is -0.113. The van der Waals surface area contributed by atoms with Crippen molar-refractivity contribution in [3.63, 3.8) is 0 Å². The summed E-state index contributed by atoms with van der Waals surface area (Å²) < 4.78 is 0. The SMILES string of the molecule is Cc1ccc(C)c(NC(=O)CSc2c(-c3ccccc3)[nH]c3ccccc23)c1. The fourth-order valence-corrected chi connectivity index (χ4v) is 4.26. The van der Waals surface area contributed by atoms with E-state index in [0.717, 1.165) is 43.9 Å². The van der Waals surface area contributed by atoms with E-state index < -0.39 is 0 Å². The quantitative estimate of drug-likeness (QED) is 0.402. The Morgan fingerprint density at radius 2 is 1.71 bits per heavy atom. The molecule has 2 N–H and O–H groups in total. The predicted molar refractivity (Wildman–Crippen MR) is 119 cm³/mol. The maximum atomic E-state index is 12.6. The van der Waals surface area contributed by atoms with Gasteiger partial charge in [-0.2, -0.15) is 0 Å². The molecule has 3 aromatic carbocycles. The summed E-state index contributed by atoms with van der Waals surface area (Å²) in [6.07, 6.45) is 0. The number of hydrogen-bond acceptors (Lipinski definition) is 2. The molecule has 0 radical (unpaired) electrons. The van der Waals surface area contributed by atoms with Crippen molar-refractivity contribution >= 4 is 34.3 Å². The van der Waals surface area contributed by atoms with Crippen LogP contribution in [0.3, 0.4) is 0 Å². The second-order valence-electron chi connectivity index (χ2n) is 6.90. The number of carbonyl (C=O) groups is 1. The lowest BCUT2D eigenvalue weighted by atomic mass is 10.1. The first-order valence-corrected chi connectivity index (χ1v) is 10.3. The zero-order valence-corrected chi connectivity index (χ0v) is 16.8. The summed E-state index contributed by atoms with van der Waals surface area (Å²) in [7, 11) is 0. The average Bonchev–Trinajstić information content (AvgIpc) is 3.08. The highest BCUT2D eigenvalue weighted by Gasteiger charge is 2.15. The molecule has 140 valence electrons. The number of para-hydroxylation sites is 1. The van der Waals surface area contributed by atoms with Gasteiger partial charge < -0.3 is 10.3 Å². The molecule has 1 aromatic heterocycles. The molecule has 0 saturated heterocycles. The minimum absolute atomic E-state index is 0.00277. The average molecular weight is 387 g/mol. The largest absolute Gasteiger partial charge is 0.354 e. The number of aromatic amines is 1. The Hall–Kier alpha value is -2.98. The third kappa shape index (κ3) is 3.82. The van der Waals surface area contributed by atoms with Gasteiger partial charge in [0.25, 0.3) is 0 Å². The van der Waals surface area contributed by atoms with Gasteiger partial charge in [0.15, 0.2) is 0 Å². The number of rotatable bonds is 5. The fraction of sp³-hybridized carbons (Fsp3) is 0.125. The van der Waals surface area contributed by atoms with Gasteiger partial charge in [0, 0.05) is 21.5 Å². The van der Waals surface area contributed by atoms with Gasteiger partial charge in [0.2, 0.25) is 5.91 Å². The summed E-state index contributed by atoms with van der Waals surface area (Å²) in [6, 6.07) is 24.6. The smallest absolute Gasteiger partial charge is 0.234 e. The summed E-state index contributed by atoms with van der Waals surface area (Å²) in [5.74, 6) is 0.359. The van der Waals surface area contributed by atoms with Crippen LogP contribution in [0, 0.1) is 13.8 Å². The third-order valence-electron chi connectivity index (χ3n) is 4.74. The number of H-pyrrole nitrogens is 1. The molecular formula is C24H22N2OS. The molecule has 0 spiro atoms. The van der Waals surface area contributed by atoms with Gasteiger partial charge in [-0.1, -0.05) is 60.7 Å². The molecule has 0 fully saturated rings. The number of aromatic nitrogens is 1. The molecule has 3 nitrogen and oxygen atoms in total. The summed E-state index contributed by atoms with van der Waals surface area (Å²) in [6.45, 7) is 4.04. The molecule has 28 heavy (non-hydrogen) atoms. The van der Waals surface area contributed by atoms with Crippen LogP contribution in [-0.4, -0.2) is 16.6 Å². The van der Waals surface area contributed by atoms with Crippen molar-refractivity contribution in [3.05, 3.63) is 83.9 Å². The monoisotopic (exact) mass is 386 g/mol. The Balaban J connectivity index is 1.59. The van der Waals surface area contributed by atoms with Gasteiger partial charge in [-0.15, -0.1) is 11.8 Å². The number of benzene rings is 3. The van der Waals surface area contributed by atoms with Crippen LogP contribution in [0.15, 0.2) is 77.7 Å². The summed E-state index contributed by atoms with van der Waals surface area (Å²) in [5.41, 5.74) is 6.35. The third-order valence-corrected chi connectivity index (χ3v) is 5.85. The van der Waals surface area contributed by atoms with Crippen molar-refractivity contribution < 1.29 is 4.79 Å². The molecule has 0 aliphatic rings. The Morgan fingerprint density at radius 3 is 2.54 bits per heavy atom. The predicted octanol–water partition coefficient (Wildman–Crippen LogP) is 6.18. The Kier molecular flexibility index (Phi) is 5.22. The molecule has 0 bridgehead atoms. The lowest BCUT2D eigenvalue weighted by Crippen LogP contribution is -2.15. The van der Waals surface area contributed by atoms with E-state index >= 15 is 0 Å². The lowest BCUT2D eigenvalue weighted by Gasteiger charge is -2.10. The van der Waals surface area contributed by atoms with Gasteiger partial charge in [0.05, 0.1) is 11.4 Å². The van der Waals surface area contributed by atoms with Crippen molar-refractivity contribution in [1.29, 1.82) is 0 Å². The van der Waals surface area contributed by atoms with E-state index in [-0.39, 0.29) is 5.91 Å². The molecule has 1 amide bonds. The number of carbonyl (C=O) groups excluding carboxylic acids is 1. The van der Waals surface area contributed by atoms with Crippen LogP contribution in [0.1, 0.15) is 11.1 Å². The maximum absolute atomic E-state index is 12.6. The van der Waals surface area contributed by atoms with Gasteiger partial charge in [-0.25, -0.2) is 0 Å². The second-order valence-corrected chi connectivity index (χ2v) is 7.88. The topological polar surface area (TPSA) is 44.9 Å². The number of thioether (sulfide) groups is 1. The van der Waals surface area contributed by atoms with Gasteiger partial charge in [-0.05, 0) is 42.7 Å². The number of nitrogens with one attached hydrogen (secondary N) is 2. The van der Waals surface area contributed by atoms with Crippen LogP contribution < -0.4 is 5.32 Å². The van der Waals surface area contributed by atoms with E-state index in [9.17, 15) is 4.79 Å². The molecule has 0 saturated carbocycles. The van der Waals surface area contributed by atoms with E-state index in [4.69, 9.17) is 0 Å². The van der Waals surface area contributed by atoms with E-state index in [1.54, 1.807) is 11.8 Å². The molecule has 0 unspecified atom stereocenters. The minimum atomic E-state index is 0.00277. The molecule has 0 aliphatic carbocycles. The summed E-state index contributed by atoms with van der Waals surface area (Å²) in [5, 5.41) is 4.20. The highest BCUT2D eigenvalue weighted by atomic mass is 32.2. The van der Waals surface area contributed by atoms with Crippen molar-refractivity contribution in [2.24, 2.45) is 0 Å². The molecule has 4 heteroatoms. The Labute approximate surface area is 169 Å². The molecule has 1 heterocycles. The highest BCUT2D eigenvalue weighted by molar-refractivity contribution is 8.00. The van der Waals surface area contributed by atoms with Gasteiger partial charge in [0.1, 0.15) is 0 Å². The first kappa shape index (κ1) is 18.4. The van der Waals surface area contributed by atoms with Crippen LogP contribution >= 0.6 is 11.8 Å². The molecule has 4 aromatic rings. The normalized spacial score (nSPS) is 10.9. The van der Waals surface area contributed by atoms with E-state index in [0.29, 0.717) is 5.75 Å². The van der Waals surface area contributed by atoms with Crippen LogP contribution in [0.5, 0.6) is 0 Å². The van der Waals surface area contributed by atoms with Crippen LogP contribution in [0.25, 0.3) is 22.2 Å². The second kappa shape index (κ2) is 7.95. The van der Waals surface area contributed by atoms with Crippen molar-refractivity contribution in [2.75, 3.05) is 11.1 Å². The van der Waals surface area contributed by atoms with E-state index in [1.165, 1.54) is 0 Å². The number of aryl methyl sites for hydroxylation is 2. The standard InChI is InChI=1S/C24H22N2OS/c1-16-12-13-17(2)21(14-16)25-22(27)15-28-24-19-10-6-7-11-20(19)26-23(24)18-8-4-3-5-9-18/h3-14,26H,15H2,1-2H3,(H,25,27). The zero-order valence-electron chi connectivity index (χ0n) is 16.0. The fourth-order valence-electron chi connectivity index (χ4n) is 3.27.